The van der Waals surface area contributed by atoms with E-state index in [1.165, 1.54) is 16.7 Å². The van der Waals surface area contributed by atoms with E-state index in [-0.39, 0.29) is 10.8 Å². The van der Waals surface area contributed by atoms with E-state index >= 15 is 0 Å². The molecule has 1 heteroatoms. The van der Waals surface area contributed by atoms with Crippen LogP contribution >= 0.6 is 0 Å². The Bertz CT molecular complexity index is 481. The maximum atomic E-state index is 5.90. The minimum atomic E-state index is 0.0837. The molecule has 0 unspecified atom stereocenters. The molecule has 1 aromatic carbocycles. The summed E-state index contributed by atoms with van der Waals surface area (Å²) < 4.78 is 5.90. The number of hydrogen-bond acceptors (Lipinski definition) is 1. The monoisotopic (exact) mass is 244 g/mol. The van der Waals surface area contributed by atoms with Crippen LogP contribution < -0.4 is 0 Å². The van der Waals surface area contributed by atoms with Gasteiger partial charge in [-0.25, -0.2) is 0 Å². The highest BCUT2D eigenvalue weighted by Crippen LogP contribution is 2.35. The molecular formula is C17H24O. The lowest BCUT2D eigenvalue weighted by molar-refractivity contribution is 0.139. The second kappa shape index (κ2) is 4.15. The molecule has 0 bridgehead atoms. The first-order valence-electron chi connectivity index (χ1n) is 6.66. The van der Waals surface area contributed by atoms with Crippen molar-refractivity contribution in [1.82, 2.24) is 0 Å². The van der Waals surface area contributed by atoms with Crippen molar-refractivity contribution < 1.29 is 4.74 Å². The van der Waals surface area contributed by atoms with Crippen molar-refractivity contribution in [1.29, 1.82) is 0 Å². The summed E-state index contributed by atoms with van der Waals surface area (Å²) in [5, 5.41) is 0. The van der Waals surface area contributed by atoms with Crippen molar-refractivity contribution in [2.45, 2.75) is 53.6 Å². The van der Waals surface area contributed by atoms with Gasteiger partial charge in [-0.1, -0.05) is 59.7 Å². The van der Waals surface area contributed by atoms with Gasteiger partial charge in [-0.3, -0.25) is 0 Å². The van der Waals surface area contributed by atoms with E-state index in [1.807, 2.05) is 0 Å². The number of rotatable bonds is 0. The minimum Gasteiger partial charge on any atom is -0.493 e. The summed E-state index contributed by atoms with van der Waals surface area (Å²) in [4.78, 5) is 0. The molecule has 0 amide bonds. The van der Waals surface area contributed by atoms with Crippen molar-refractivity contribution in [3.05, 3.63) is 40.6 Å². The molecule has 1 aromatic rings. The standard InChI is InChI=1S/C17H24O/c1-16(2,3)14-8-7-12-10-15(17(4,5)6)18-11-13(12)9-14/h7-10H,11H2,1-6H3. The van der Waals surface area contributed by atoms with Gasteiger partial charge < -0.3 is 4.74 Å². The Hall–Kier alpha value is -1.24. The van der Waals surface area contributed by atoms with E-state index < -0.39 is 0 Å². The van der Waals surface area contributed by atoms with Crippen molar-refractivity contribution >= 4 is 6.08 Å². The van der Waals surface area contributed by atoms with Crippen LogP contribution in [-0.4, -0.2) is 0 Å². The first kappa shape index (κ1) is 13.2. The molecule has 2 rings (SSSR count). The fourth-order valence-corrected chi connectivity index (χ4v) is 2.11. The zero-order valence-electron chi connectivity index (χ0n) is 12.4. The van der Waals surface area contributed by atoms with Crippen LogP contribution in [0.3, 0.4) is 0 Å². The van der Waals surface area contributed by atoms with Gasteiger partial charge in [0, 0.05) is 5.41 Å². The minimum absolute atomic E-state index is 0.0837. The first-order chi connectivity index (χ1) is 8.18. The molecule has 1 aliphatic heterocycles. The highest BCUT2D eigenvalue weighted by Gasteiger charge is 2.23. The van der Waals surface area contributed by atoms with Crippen LogP contribution in [0.15, 0.2) is 24.0 Å². The Labute approximate surface area is 111 Å². The van der Waals surface area contributed by atoms with Crippen LogP contribution in [0.1, 0.15) is 58.2 Å². The Morgan fingerprint density at radius 1 is 0.944 bits per heavy atom. The third kappa shape index (κ3) is 2.60. The third-order valence-electron chi connectivity index (χ3n) is 3.42. The normalized spacial score (nSPS) is 15.8. The van der Waals surface area contributed by atoms with E-state index in [9.17, 15) is 0 Å². The van der Waals surface area contributed by atoms with E-state index in [1.54, 1.807) is 0 Å². The Balaban J connectivity index is 2.40. The average molecular weight is 244 g/mol. The summed E-state index contributed by atoms with van der Waals surface area (Å²) in [5.41, 5.74) is 4.26. The highest BCUT2D eigenvalue weighted by atomic mass is 16.5. The summed E-state index contributed by atoms with van der Waals surface area (Å²) in [6, 6.07) is 6.75. The Morgan fingerprint density at radius 2 is 1.61 bits per heavy atom. The second-order valence-corrected chi connectivity index (χ2v) is 7.21. The van der Waals surface area contributed by atoms with Gasteiger partial charge in [-0.15, -0.1) is 0 Å². The molecule has 0 aliphatic carbocycles. The predicted octanol–water partition coefficient (Wildman–Crippen LogP) is 4.90. The fourth-order valence-electron chi connectivity index (χ4n) is 2.11. The molecule has 0 fully saturated rings. The van der Waals surface area contributed by atoms with Gasteiger partial charge in [0.1, 0.15) is 12.4 Å². The van der Waals surface area contributed by atoms with E-state index in [4.69, 9.17) is 4.74 Å². The van der Waals surface area contributed by atoms with Crippen LogP contribution in [0.4, 0.5) is 0 Å². The number of fused-ring (bicyclic) bond motifs is 1. The molecule has 98 valence electrons. The van der Waals surface area contributed by atoms with Crippen LogP contribution in [0, 0.1) is 5.41 Å². The third-order valence-corrected chi connectivity index (χ3v) is 3.42. The number of benzene rings is 1. The topological polar surface area (TPSA) is 9.23 Å². The molecule has 0 aromatic heterocycles. The molecule has 18 heavy (non-hydrogen) atoms. The molecule has 1 heterocycles. The van der Waals surface area contributed by atoms with Gasteiger partial charge in [0.15, 0.2) is 0 Å². The molecule has 0 saturated carbocycles. The van der Waals surface area contributed by atoms with Gasteiger partial charge in [-0.05, 0) is 28.2 Å². The number of allylic oxidation sites excluding steroid dienone is 1. The van der Waals surface area contributed by atoms with Crippen LogP contribution in [0.25, 0.3) is 6.08 Å². The van der Waals surface area contributed by atoms with E-state index in [2.05, 4.69) is 65.8 Å². The summed E-state index contributed by atoms with van der Waals surface area (Å²) in [7, 11) is 0. The van der Waals surface area contributed by atoms with Gasteiger partial charge in [0.05, 0.1) is 0 Å². The lowest BCUT2D eigenvalue weighted by atomic mass is 9.84. The molecule has 1 nitrogen and oxygen atoms in total. The van der Waals surface area contributed by atoms with Crippen molar-refractivity contribution in [3.63, 3.8) is 0 Å². The molecule has 0 spiro atoms. The van der Waals surface area contributed by atoms with Crippen molar-refractivity contribution in [2.24, 2.45) is 5.41 Å². The molecule has 1 aliphatic rings. The summed E-state index contributed by atoms with van der Waals surface area (Å²) in [5.74, 6) is 1.08. The zero-order chi connectivity index (χ0) is 13.6. The molecular weight excluding hydrogens is 220 g/mol. The summed E-state index contributed by atoms with van der Waals surface area (Å²) in [6.45, 7) is 14.0. The average Bonchev–Trinajstić information content (AvgIpc) is 2.25. The molecule has 0 atom stereocenters. The molecule has 0 N–H and O–H groups in total. The van der Waals surface area contributed by atoms with Gasteiger partial charge in [0.2, 0.25) is 0 Å². The largest absolute Gasteiger partial charge is 0.493 e. The van der Waals surface area contributed by atoms with Crippen molar-refractivity contribution in [2.75, 3.05) is 0 Å². The predicted molar refractivity (Wildman–Crippen MR) is 77.4 cm³/mol. The lowest BCUT2D eigenvalue weighted by Gasteiger charge is -2.28. The molecule has 0 saturated heterocycles. The fraction of sp³-hybridized carbons (Fsp3) is 0.529. The molecule has 0 radical (unpaired) electrons. The van der Waals surface area contributed by atoms with Crippen LogP contribution in [0.2, 0.25) is 0 Å². The van der Waals surface area contributed by atoms with E-state index in [0.29, 0.717) is 6.61 Å². The zero-order valence-corrected chi connectivity index (χ0v) is 12.4. The van der Waals surface area contributed by atoms with Gasteiger partial charge in [-0.2, -0.15) is 0 Å². The van der Waals surface area contributed by atoms with Gasteiger partial charge in [0.25, 0.3) is 0 Å². The summed E-state index contributed by atoms with van der Waals surface area (Å²) in [6.07, 6.45) is 2.19. The Morgan fingerprint density at radius 3 is 2.17 bits per heavy atom. The second-order valence-electron chi connectivity index (χ2n) is 7.21. The lowest BCUT2D eigenvalue weighted by Crippen LogP contribution is -2.17. The van der Waals surface area contributed by atoms with Crippen LogP contribution in [0.5, 0.6) is 0 Å². The number of ether oxygens (including phenoxy) is 1. The van der Waals surface area contributed by atoms with Gasteiger partial charge >= 0.3 is 0 Å². The van der Waals surface area contributed by atoms with E-state index in [0.717, 1.165) is 5.76 Å². The quantitative estimate of drug-likeness (QED) is 0.630. The smallest absolute Gasteiger partial charge is 0.113 e. The maximum absolute atomic E-state index is 5.90. The maximum Gasteiger partial charge on any atom is 0.113 e. The number of hydrogen-bond donors (Lipinski definition) is 0. The van der Waals surface area contributed by atoms with Crippen LogP contribution in [-0.2, 0) is 16.8 Å². The first-order valence-corrected chi connectivity index (χ1v) is 6.66. The summed E-state index contributed by atoms with van der Waals surface area (Å²) >= 11 is 0. The van der Waals surface area contributed by atoms with Crippen molar-refractivity contribution in [3.8, 4) is 0 Å². The Kier molecular flexibility index (Phi) is 3.04. The highest BCUT2D eigenvalue weighted by molar-refractivity contribution is 5.59. The SMILES string of the molecule is CC(C)(C)C1=Cc2ccc(C(C)(C)C)cc2CO1.